The molecule has 0 spiro atoms. The summed E-state index contributed by atoms with van der Waals surface area (Å²) in [6.07, 6.45) is 0. The molecule has 0 amide bonds. The number of sulfone groups is 1. The summed E-state index contributed by atoms with van der Waals surface area (Å²) in [5.74, 6) is -3.29. The monoisotopic (exact) mass is 293 g/mol. The second-order valence-corrected chi connectivity index (χ2v) is 6.13. The van der Waals surface area contributed by atoms with E-state index in [0.717, 1.165) is 0 Å². The van der Waals surface area contributed by atoms with Gasteiger partial charge in [0.25, 0.3) is 0 Å². The quantitative estimate of drug-likeness (QED) is 0.838. The molecule has 0 aliphatic rings. The maximum absolute atomic E-state index is 12.6. The second kappa shape index (κ2) is 6.81. The van der Waals surface area contributed by atoms with Crippen molar-refractivity contribution in [3.05, 3.63) is 24.3 Å². The molecule has 0 aliphatic heterocycles. The molecular weight excluding hydrogens is 276 g/mol. The van der Waals surface area contributed by atoms with Gasteiger partial charge in [-0.1, -0.05) is 19.1 Å². The highest BCUT2D eigenvalue weighted by Gasteiger charge is 2.28. The van der Waals surface area contributed by atoms with Crippen molar-refractivity contribution in [2.24, 2.45) is 5.92 Å². The Morgan fingerprint density at radius 2 is 1.95 bits per heavy atom. The number of anilines is 1. The fourth-order valence-corrected chi connectivity index (χ4v) is 2.49. The van der Waals surface area contributed by atoms with E-state index in [2.05, 4.69) is 5.32 Å². The highest BCUT2D eigenvalue weighted by atomic mass is 32.2. The molecule has 1 rings (SSSR count). The van der Waals surface area contributed by atoms with Gasteiger partial charge in [-0.05, 0) is 18.1 Å². The lowest BCUT2D eigenvalue weighted by molar-refractivity contribution is 0.164. The van der Waals surface area contributed by atoms with Gasteiger partial charge < -0.3 is 10.1 Å². The van der Waals surface area contributed by atoms with Gasteiger partial charge in [0.15, 0.2) is 0 Å². The van der Waals surface area contributed by atoms with Crippen LogP contribution < -0.4 is 5.32 Å². The smallest absolute Gasteiger partial charge is 0.341 e. The molecule has 1 N–H and O–H groups in total. The Bertz CT molecular complexity index is 505. The molecular formula is C12H17F2NO3S. The zero-order chi connectivity index (χ0) is 14.5. The minimum Gasteiger partial charge on any atom is -0.384 e. The van der Waals surface area contributed by atoms with Crippen LogP contribution in [0, 0.1) is 5.92 Å². The van der Waals surface area contributed by atoms with Crippen LogP contribution in [0.5, 0.6) is 0 Å². The van der Waals surface area contributed by atoms with Crippen molar-refractivity contribution in [1.29, 1.82) is 0 Å². The van der Waals surface area contributed by atoms with E-state index in [9.17, 15) is 17.2 Å². The number of alkyl halides is 2. The normalized spacial score (nSPS) is 13.5. The Labute approximate surface area is 111 Å². The highest BCUT2D eigenvalue weighted by molar-refractivity contribution is 7.91. The molecule has 0 aliphatic carbocycles. The molecule has 4 nitrogen and oxygen atoms in total. The van der Waals surface area contributed by atoms with Gasteiger partial charge in [0.2, 0.25) is 9.84 Å². The number of halogens is 2. The van der Waals surface area contributed by atoms with Crippen LogP contribution in [0.25, 0.3) is 0 Å². The number of benzene rings is 1. The second-order valence-electron chi connectivity index (χ2n) is 4.24. The average molecular weight is 293 g/mol. The van der Waals surface area contributed by atoms with Crippen molar-refractivity contribution in [2.45, 2.75) is 17.6 Å². The summed E-state index contributed by atoms with van der Waals surface area (Å²) in [6, 6.07) is 5.65. The fourth-order valence-electron chi connectivity index (χ4n) is 1.58. The van der Waals surface area contributed by atoms with Crippen LogP contribution in [0.15, 0.2) is 29.2 Å². The van der Waals surface area contributed by atoms with Gasteiger partial charge in [0.05, 0.1) is 17.2 Å². The lowest BCUT2D eigenvalue weighted by atomic mass is 10.2. The van der Waals surface area contributed by atoms with Gasteiger partial charge in [-0.25, -0.2) is 8.42 Å². The molecule has 0 radical (unpaired) electrons. The fraction of sp³-hybridized carbons (Fsp3) is 0.500. The predicted octanol–water partition coefficient (Wildman–Crippen LogP) is 2.38. The number of nitrogens with one attached hydrogen (secondary N) is 1. The SMILES string of the molecule is COCC(C)CNc1ccccc1S(=O)(=O)C(F)F. The first kappa shape index (κ1) is 15.8. The van der Waals surface area contributed by atoms with Crippen molar-refractivity contribution < 1.29 is 21.9 Å². The van der Waals surface area contributed by atoms with Gasteiger partial charge in [-0.3, -0.25) is 0 Å². The molecule has 0 saturated carbocycles. The van der Waals surface area contributed by atoms with E-state index in [0.29, 0.717) is 13.2 Å². The molecule has 0 fully saturated rings. The van der Waals surface area contributed by atoms with Crippen LogP contribution in [0.4, 0.5) is 14.5 Å². The summed E-state index contributed by atoms with van der Waals surface area (Å²) >= 11 is 0. The van der Waals surface area contributed by atoms with E-state index in [1.54, 1.807) is 13.2 Å². The lowest BCUT2D eigenvalue weighted by Crippen LogP contribution is -2.19. The first-order valence-electron chi connectivity index (χ1n) is 5.73. The third-order valence-corrected chi connectivity index (χ3v) is 3.96. The van der Waals surface area contributed by atoms with Gasteiger partial charge in [-0.2, -0.15) is 8.78 Å². The molecule has 7 heteroatoms. The molecule has 0 bridgehead atoms. The maximum Gasteiger partial charge on any atom is 0.341 e. The highest BCUT2D eigenvalue weighted by Crippen LogP contribution is 2.26. The van der Waals surface area contributed by atoms with Gasteiger partial charge in [-0.15, -0.1) is 0 Å². The first-order valence-corrected chi connectivity index (χ1v) is 7.28. The molecule has 1 aromatic rings. The molecule has 1 unspecified atom stereocenters. The lowest BCUT2D eigenvalue weighted by Gasteiger charge is -2.15. The molecule has 0 heterocycles. The zero-order valence-electron chi connectivity index (χ0n) is 10.8. The number of hydrogen-bond acceptors (Lipinski definition) is 4. The number of hydrogen-bond donors (Lipinski definition) is 1. The largest absolute Gasteiger partial charge is 0.384 e. The van der Waals surface area contributed by atoms with Gasteiger partial charge >= 0.3 is 5.76 Å². The predicted molar refractivity (Wildman–Crippen MR) is 69.2 cm³/mol. The van der Waals surface area contributed by atoms with Crippen LogP contribution in [-0.2, 0) is 14.6 Å². The molecule has 1 aromatic carbocycles. The van der Waals surface area contributed by atoms with E-state index >= 15 is 0 Å². The average Bonchev–Trinajstić information content (AvgIpc) is 2.37. The minimum atomic E-state index is -4.59. The summed E-state index contributed by atoms with van der Waals surface area (Å²) in [4.78, 5) is -0.380. The third-order valence-electron chi connectivity index (χ3n) is 2.52. The van der Waals surface area contributed by atoms with Crippen LogP contribution >= 0.6 is 0 Å². The Morgan fingerprint density at radius 3 is 2.53 bits per heavy atom. The minimum absolute atomic E-state index is 0.132. The van der Waals surface area contributed by atoms with Crippen LogP contribution in [-0.4, -0.2) is 34.4 Å². The van der Waals surface area contributed by atoms with Crippen molar-refractivity contribution in [3.63, 3.8) is 0 Å². The summed E-state index contributed by atoms with van der Waals surface area (Å²) < 4.78 is 53.1. The Morgan fingerprint density at radius 1 is 1.32 bits per heavy atom. The summed E-state index contributed by atoms with van der Waals surface area (Å²) in [7, 11) is -3.03. The maximum atomic E-state index is 12.6. The van der Waals surface area contributed by atoms with Gasteiger partial charge in [0, 0.05) is 13.7 Å². The van der Waals surface area contributed by atoms with E-state index in [-0.39, 0.29) is 16.5 Å². The van der Waals surface area contributed by atoms with E-state index in [1.165, 1.54) is 18.2 Å². The van der Waals surface area contributed by atoms with Gasteiger partial charge in [0.1, 0.15) is 0 Å². The van der Waals surface area contributed by atoms with E-state index in [1.807, 2.05) is 6.92 Å². The third kappa shape index (κ3) is 4.14. The molecule has 1 atom stereocenters. The number of para-hydroxylation sites is 1. The summed E-state index contributed by atoms with van der Waals surface area (Å²) in [6.45, 7) is 2.83. The molecule has 0 saturated heterocycles. The van der Waals surface area contributed by atoms with Crippen molar-refractivity contribution >= 4 is 15.5 Å². The zero-order valence-corrected chi connectivity index (χ0v) is 11.6. The Hall–Kier alpha value is -1.21. The number of rotatable bonds is 7. The topological polar surface area (TPSA) is 55.4 Å². The number of ether oxygens (including phenoxy) is 1. The Kier molecular flexibility index (Phi) is 5.68. The van der Waals surface area contributed by atoms with Crippen LogP contribution in [0.2, 0.25) is 0 Å². The van der Waals surface area contributed by atoms with Crippen molar-refractivity contribution in [2.75, 3.05) is 25.6 Å². The standard InChI is InChI=1S/C12H17F2NO3S/c1-9(8-18-2)7-15-10-5-3-4-6-11(10)19(16,17)12(13)14/h3-6,9,12,15H,7-8H2,1-2H3. The van der Waals surface area contributed by atoms with E-state index in [4.69, 9.17) is 4.74 Å². The number of methoxy groups -OCH3 is 1. The summed E-state index contributed by atoms with van der Waals surface area (Å²) in [5.41, 5.74) is 0.186. The first-order chi connectivity index (χ1) is 8.89. The molecule has 0 aromatic heterocycles. The van der Waals surface area contributed by atoms with Crippen molar-refractivity contribution in [3.8, 4) is 0 Å². The molecule has 108 valence electrons. The van der Waals surface area contributed by atoms with Crippen molar-refractivity contribution in [1.82, 2.24) is 0 Å². The van der Waals surface area contributed by atoms with Crippen LogP contribution in [0.1, 0.15) is 6.92 Å². The summed E-state index contributed by atoms with van der Waals surface area (Å²) in [5, 5.41) is 2.87. The Balaban J connectivity index is 2.91. The van der Waals surface area contributed by atoms with Crippen LogP contribution in [0.3, 0.4) is 0 Å². The van der Waals surface area contributed by atoms with E-state index < -0.39 is 15.6 Å². The molecule has 19 heavy (non-hydrogen) atoms.